The number of benzene rings is 1. The molecular formula is C14H17ClN2. The molecule has 0 spiro atoms. The molecule has 0 saturated heterocycles. The number of rotatable bonds is 2. The van der Waals surface area contributed by atoms with E-state index in [1.807, 2.05) is 36.4 Å². The van der Waals surface area contributed by atoms with Gasteiger partial charge in [0.15, 0.2) is 0 Å². The highest BCUT2D eigenvalue weighted by molar-refractivity contribution is 6.19. The van der Waals surface area contributed by atoms with Crippen LogP contribution in [0.5, 0.6) is 0 Å². The van der Waals surface area contributed by atoms with Gasteiger partial charge in [-0.3, -0.25) is 0 Å². The van der Waals surface area contributed by atoms with Crippen molar-refractivity contribution in [3.8, 4) is 0 Å². The first kappa shape index (κ1) is 12.2. The molecule has 4 N–H and O–H groups in total. The van der Waals surface area contributed by atoms with Gasteiger partial charge in [0.05, 0.1) is 5.54 Å². The predicted molar refractivity (Wildman–Crippen MR) is 73.8 cm³/mol. The van der Waals surface area contributed by atoms with Crippen LogP contribution in [0.25, 0.3) is 0 Å². The summed E-state index contributed by atoms with van der Waals surface area (Å²) in [6.45, 7) is 2.09. The maximum atomic E-state index is 6.49. The van der Waals surface area contributed by atoms with Crippen LogP contribution in [0.4, 0.5) is 5.69 Å². The van der Waals surface area contributed by atoms with Crippen LogP contribution in [0.15, 0.2) is 48.1 Å². The van der Waals surface area contributed by atoms with E-state index in [1.54, 1.807) is 0 Å². The maximum Gasteiger partial charge on any atom is 0.0679 e. The smallest absolute Gasteiger partial charge is 0.0679 e. The second kappa shape index (κ2) is 4.55. The minimum absolute atomic E-state index is 0.172. The zero-order chi connectivity index (χ0) is 12.5. The molecule has 0 heterocycles. The van der Waals surface area contributed by atoms with E-state index in [4.69, 9.17) is 23.1 Å². The lowest BCUT2D eigenvalue weighted by molar-refractivity contribution is 0.432. The fraction of sp³-hybridized carbons (Fsp3) is 0.286. The van der Waals surface area contributed by atoms with Gasteiger partial charge in [0, 0.05) is 17.5 Å². The molecule has 0 saturated carbocycles. The second-order valence-electron chi connectivity index (χ2n) is 4.52. The minimum Gasteiger partial charge on any atom is -0.398 e. The molecule has 0 bridgehead atoms. The molecule has 0 aromatic heterocycles. The van der Waals surface area contributed by atoms with Gasteiger partial charge >= 0.3 is 0 Å². The Kier molecular flexibility index (Phi) is 3.27. The van der Waals surface area contributed by atoms with Crippen molar-refractivity contribution < 1.29 is 0 Å². The van der Waals surface area contributed by atoms with Crippen LogP contribution in [0.2, 0.25) is 0 Å². The number of halogens is 1. The summed E-state index contributed by atoms with van der Waals surface area (Å²) in [4.78, 5) is 0. The van der Waals surface area contributed by atoms with E-state index in [0.717, 1.165) is 16.8 Å². The Labute approximate surface area is 107 Å². The SMILES string of the molecule is CC1C=C(CCl)C=CC1(N)c1ccccc1N. The van der Waals surface area contributed by atoms with E-state index in [9.17, 15) is 0 Å². The normalized spacial score (nSPS) is 27.9. The monoisotopic (exact) mass is 248 g/mol. The lowest BCUT2D eigenvalue weighted by Gasteiger charge is -2.35. The van der Waals surface area contributed by atoms with Crippen molar-refractivity contribution in [2.45, 2.75) is 12.5 Å². The molecule has 3 heteroatoms. The average molecular weight is 249 g/mol. The van der Waals surface area contributed by atoms with E-state index >= 15 is 0 Å². The van der Waals surface area contributed by atoms with Crippen LogP contribution in [-0.4, -0.2) is 5.88 Å². The third-order valence-electron chi connectivity index (χ3n) is 3.37. The Morgan fingerprint density at radius 3 is 2.65 bits per heavy atom. The van der Waals surface area contributed by atoms with Crippen molar-refractivity contribution in [3.05, 3.63) is 53.6 Å². The van der Waals surface area contributed by atoms with E-state index < -0.39 is 5.54 Å². The van der Waals surface area contributed by atoms with Crippen molar-refractivity contribution in [1.82, 2.24) is 0 Å². The first-order valence-corrected chi connectivity index (χ1v) is 6.21. The molecule has 1 aliphatic carbocycles. The number of nitrogens with two attached hydrogens (primary N) is 2. The summed E-state index contributed by atoms with van der Waals surface area (Å²) in [7, 11) is 0. The third kappa shape index (κ3) is 2.11. The van der Waals surface area contributed by atoms with Crippen molar-refractivity contribution in [2.75, 3.05) is 11.6 Å². The highest BCUT2D eigenvalue weighted by Crippen LogP contribution is 2.36. The molecule has 1 aliphatic rings. The predicted octanol–water partition coefficient (Wildman–Crippen LogP) is 2.79. The molecular weight excluding hydrogens is 232 g/mol. The molecule has 0 amide bonds. The lowest BCUT2D eigenvalue weighted by atomic mass is 9.75. The van der Waals surface area contributed by atoms with Gasteiger partial charge in [0.2, 0.25) is 0 Å². The van der Waals surface area contributed by atoms with Gasteiger partial charge in [-0.05, 0) is 17.2 Å². The van der Waals surface area contributed by atoms with Crippen LogP contribution in [-0.2, 0) is 5.54 Å². The van der Waals surface area contributed by atoms with Crippen LogP contribution >= 0.6 is 11.6 Å². The molecule has 90 valence electrons. The highest BCUT2D eigenvalue weighted by Gasteiger charge is 2.33. The van der Waals surface area contributed by atoms with Crippen LogP contribution < -0.4 is 11.5 Å². The number of hydrogen-bond acceptors (Lipinski definition) is 2. The van der Waals surface area contributed by atoms with Crippen molar-refractivity contribution in [1.29, 1.82) is 0 Å². The standard InChI is InChI=1S/C14H17ClN2/c1-10-8-11(9-15)6-7-14(10,17)12-4-2-3-5-13(12)16/h2-8,10H,9,16-17H2,1H3. The molecule has 2 nitrogen and oxygen atoms in total. The Morgan fingerprint density at radius 2 is 2.06 bits per heavy atom. The number of nitrogen functional groups attached to an aromatic ring is 1. The van der Waals surface area contributed by atoms with E-state index in [-0.39, 0.29) is 5.92 Å². The van der Waals surface area contributed by atoms with Crippen molar-refractivity contribution >= 4 is 17.3 Å². The summed E-state index contributed by atoms with van der Waals surface area (Å²) in [6, 6.07) is 7.74. The molecule has 1 aromatic carbocycles. The number of alkyl halides is 1. The molecule has 2 rings (SSSR count). The van der Waals surface area contributed by atoms with Crippen LogP contribution in [0.1, 0.15) is 12.5 Å². The molecule has 1 aromatic rings. The maximum absolute atomic E-state index is 6.49. The van der Waals surface area contributed by atoms with E-state index in [1.165, 1.54) is 0 Å². The summed E-state index contributed by atoms with van der Waals surface area (Å²) < 4.78 is 0. The molecule has 17 heavy (non-hydrogen) atoms. The van der Waals surface area contributed by atoms with Gasteiger partial charge in [-0.25, -0.2) is 0 Å². The molecule has 0 fully saturated rings. The Morgan fingerprint density at radius 1 is 1.35 bits per heavy atom. The number of allylic oxidation sites excluding steroid dienone is 2. The zero-order valence-corrected chi connectivity index (χ0v) is 10.6. The van der Waals surface area contributed by atoms with Gasteiger partial charge in [-0.1, -0.05) is 43.4 Å². The second-order valence-corrected chi connectivity index (χ2v) is 4.78. The minimum atomic E-state index is -0.541. The summed E-state index contributed by atoms with van der Waals surface area (Å²) in [5.74, 6) is 0.687. The third-order valence-corrected chi connectivity index (χ3v) is 3.68. The first-order chi connectivity index (χ1) is 8.08. The first-order valence-electron chi connectivity index (χ1n) is 5.67. The Hall–Kier alpha value is -1.25. The van der Waals surface area contributed by atoms with E-state index in [0.29, 0.717) is 5.88 Å². The Balaban J connectivity index is 2.43. The van der Waals surface area contributed by atoms with Crippen LogP contribution in [0, 0.1) is 5.92 Å². The number of para-hydroxylation sites is 1. The zero-order valence-electron chi connectivity index (χ0n) is 9.86. The van der Waals surface area contributed by atoms with Crippen LogP contribution in [0.3, 0.4) is 0 Å². The summed E-state index contributed by atoms with van der Waals surface area (Å²) in [6.07, 6.45) is 6.10. The highest BCUT2D eigenvalue weighted by atomic mass is 35.5. The summed E-state index contributed by atoms with van der Waals surface area (Å²) in [5.41, 5.74) is 14.8. The van der Waals surface area contributed by atoms with Gasteiger partial charge < -0.3 is 11.5 Å². The largest absolute Gasteiger partial charge is 0.398 e. The number of anilines is 1. The fourth-order valence-corrected chi connectivity index (χ4v) is 2.40. The van der Waals surface area contributed by atoms with Gasteiger partial charge in [0.25, 0.3) is 0 Å². The van der Waals surface area contributed by atoms with Crippen molar-refractivity contribution in [3.63, 3.8) is 0 Å². The topological polar surface area (TPSA) is 52.0 Å². The van der Waals surface area contributed by atoms with Gasteiger partial charge in [0.1, 0.15) is 0 Å². The van der Waals surface area contributed by atoms with Gasteiger partial charge in [-0.2, -0.15) is 0 Å². The molecule has 2 atom stereocenters. The molecule has 0 radical (unpaired) electrons. The Bertz CT molecular complexity index is 479. The lowest BCUT2D eigenvalue weighted by Crippen LogP contribution is -2.42. The molecule has 0 aliphatic heterocycles. The fourth-order valence-electron chi connectivity index (χ4n) is 2.23. The molecule has 2 unspecified atom stereocenters. The van der Waals surface area contributed by atoms with Crippen molar-refractivity contribution in [2.24, 2.45) is 11.7 Å². The van der Waals surface area contributed by atoms with E-state index in [2.05, 4.69) is 13.0 Å². The number of hydrogen-bond donors (Lipinski definition) is 2. The summed E-state index contributed by atoms with van der Waals surface area (Å²) >= 11 is 5.83. The average Bonchev–Trinajstić information content (AvgIpc) is 2.33. The quantitative estimate of drug-likeness (QED) is 0.625. The van der Waals surface area contributed by atoms with Gasteiger partial charge in [-0.15, -0.1) is 11.6 Å². The summed E-state index contributed by atoms with van der Waals surface area (Å²) in [5, 5.41) is 0.